The molecule has 1 aromatic heterocycles. The minimum absolute atomic E-state index is 0.864. The van der Waals surface area contributed by atoms with Crippen molar-refractivity contribution in [1.29, 1.82) is 0 Å². The van der Waals surface area contributed by atoms with Gasteiger partial charge < -0.3 is 5.32 Å². The Morgan fingerprint density at radius 1 is 0.950 bits per heavy atom. The summed E-state index contributed by atoms with van der Waals surface area (Å²) in [5.41, 5.74) is 0. The van der Waals surface area contributed by atoms with Crippen LogP contribution in [0, 0.1) is 0 Å². The predicted octanol–water partition coefficient (Wildman–Crippen LogP) is 5.35. The van der Waals surface area contributed by atoms with Crippen molar-refractivity contribution in [2.75, 3.05) is 11.9 Å². The fourth-order valence-electron chi connectivity index (χ4n) is 2.19. The number of aryl methyl sites for hydroxylation is 1. The van der Waals surface area contributed by atoms with Gasteiger partial charge in [-0.15, -0.1) is 0 Å². The number of hydrogen-bond acceptors (Lipinski definition) is 3. The van der Waals surface area contributed by atoms with Crippen LogP contribution >= 0.6 is 15.9 Å². The normalized spacial score (nSPS) is 10.8. The van der Waals surface area contributed by atoms with E-state index in [9.17, 15) is 0 Å². The van der Waals surface area contributed by atoms with Gasteiger partial charge in [0.15, 0.2) is 0 Å². The van der Waals surface area contributed by atoms with Crippen molar-refractivity contribution in [2.24, 2.45) is 0 Å². The summed E-state index contributed by atoms with van der Waals surface area (Å²) in [4.78, 5) is 8.78. The molecule has 4 heteroatoms. The summed E-state index contributed by atoms with van der Waals surface area (Å²) in [7, 11) is 0. The van der Waals surface area contributed by atoms with Crippen molar-refractivity contribution in [3.8, 4) is 0 Å². The number of nitrogens with one attached hydrogen (secondary N) is 1. The molecule has 114 valence electrons. The highest BCUT2D eigenvalue weighted by atomic mass is 79.9. The standard InChI is InChI=1S/C16H28BrN3/c1-3-5-6-7-8-9-10-11-12-18-16-13-14(17)19-15(4-2)20-16/h13H,3-12H2,1-2H3,(H,18,19,20). The van der Waals surface area contributed by atoms with E-state index in [1.807, 2.05) is 6.07 Å². The van der Waals surface area contributed by atoms with E-state index in [-0.39, 0.29) is 0 Å². The number of rotatable bonds is 11. The van der Waals surface area contributed by atoms with E-state index in [4.69, 9.17) is 0 Å². The lowest BCUT2D eigenvalue weighted by atomic mass is 10.1. The van der Waals surface area contributed by atoms with E-state index < -0.39 is 0 Å². The Balaban J connectivity index is 2.08. The summed E-state index contributed by atoms with van der Waals surface area (Å²) in [6.07, 6.45) is 11.7. The first kappa shape index (κ1) is 17.4. The van der Waals surface area contributed by atoms with Crippen LogP contribution in [0.1, 0.15) is 71.0 Å². The fourth-order valence-corrected chi connectivity index (χ4v) is 2.61. The van der Waals surface area contributed by atoms with Gasteiger partial charge in [0.05, 0.1) is 0 Å². The van der Waals surface area contributed by atoms with Crippen molar-refractivity contribution in [3.05, 3.63) is 16.5 Å². The molecule has 0 aliphatic heterocycles. The Labute approximate surface area is 132 Å². The molecule has 1 rings (SSSR count). The number of aromatic nitrogens is 2. The molecule has 0 bridgehead atoms. The number of unbranched alkanes of at least 4 members (excludes halogenated alkanes) is 7. The third-order valence-corrected chi connectivity index (χ3v) is 3.80. The minimum atomic E-state index is 0.864. The van der Waals surface area contributed by atoms with Crippen LogP contribution in [0.5, 0.6) is 0 Å². The maximum Gasteiger partial charge on any atom is 0.131 e. The predicted molar refractivity (Wildman–Crippen MR) is 90.2 cm³/mol. The van der Waals surface area contributed by atoms with Crippen molar-refractivity contribution in [1.82, 2.24) is 9.97 Å². The summed E-state index contributed by atoms with van der Waals surface area (Å²) in [5.74, 6) is 1.82. The Morgan fingerprint density at radius 2 is 1.60 bits per heavy atom. The van der Waals surface area contributed by atoms with Crippen molar-refractivity contribution >= 4 is 21.7 Å². The average Bonchev–Trinajstić information content (AvgIpc) is 2.45. The molecule has 0 aliphatic rings. The second-order valence-electron chi connectivity index (χ2n) is 5.25. The van der Waals surface area contributed by atoms with Gasteiger partial charge in [-0.05, 0) is 22.4 Å². The Bertz CT molecular complexity index is 369. The molecule has 20 heavy (non-hydrogen) atoms. The first-order valence-corrected chi connectivity index (χ1v) is 8.83. The van der Waals surface area contributed by atoms with E-state index in [2.05, 4.69) is 45.1 Å². The maximum atomic E-state index is 4.47. The van der Waals surface area contributed by atoms with Crippen molar-refractivity contribution in [3.63, 3.8) is 0 Å². The Morgan fingerprint density at radius 3 is 2.25 bits per heavy atom. The van der Waals surface area contributed by atoms with Crippen LogP contribution in [0.2, 0.25) is 0 Å². The summed E-state index contributed by atoms with van der Waals surface area (Å²) < 4.78 is 0.864. The number of hydrogen-bond donors (Lipinski definition) is 1. The van der Waals surface area contributed by atoms with Crippen molar-refractivity contribution in [2.45, 2.75) is 71.6 Å². The summed E-state index contributed by atoms with van der Waals surface area (Å²) in [6.45, 7) is 5.34. The van der Waals surface area contributed by atoms with Gasteiger partial charge in [0.25, 0.3) is 0 Å². The van der Waals surface area contributed by atoms with Gasteiger partial charge in [-0.2, -0.15) is 0 Å². The van der Waals surface area contributed by atoms with Crippen LogP contribution < -0.4 is 5.32 Å². The van der Waals surface area contributed by atoms with Gasteiger partial charge in [-0.25, -0.2) is 9.97 Å². The van der Waals surface area contributed by atoms with Crippen LogP contribution in [-0.4, -0.2) is 16.5 Å². The highest BCUT2D eigenvalue weighted by molar-refractivity contribution is 9.10. The molecule has 1 heterocycles. The van der Waals surface area contributed by atoms with E-state index in [1.54, 1.807) is 0 Å². The summed E-state index contributed by atoms with van der Waals surface area (Å²) in [5, 5.41) is 3.39. The molecular formula is C16H28BrN3. The molecule has 1 aromatic rings. The fraction of sp³-hybridized carbons (Fsp3) is 0.750. The molecule has 0 saturated heterocycles. The molecule has 0 unspecified atom stereocenters. The number of anilines is 1. The third-order valence-electron chi connectivity index (χ3n) is 3.39. The van der Waals surface area contributed by atoms with Crippen molar-refractivity contribution < 1.29 is 0 Å². The van der Waals surface area contributed by atoms with E-state index in [1.165, 1.54) is 51.4 Å². The second-order valence-corrected chi connectivity index (χ2v) is 6.06. The van der Waals surface area contributed by atoms with Gasteiger partial charge >= 0.3 is 0 Å². The first-order chi connectivity index (χ1) is 9.76. The summed E-state index contributed by atoms with van der Waals surface area (Å²) in [6, 6.07) is 1.95. The molecular weight excluding hydrogens is 314 g/mol. The highest BCUT2D eigenvalue weighted by Gasteiger charge is 2.00. The zero-order chi connectivity index (χ0) is 14.6. The SMILES string of the molecule is CCCCCCCCCCNc1cc(Br)nc(CC)n1. The van der Waals surface area contributed by atoms with Gasteiger partial charge in [0.2, 0.25) is 0 Å². The Hall–Kier alpha value is -0.640. The lowest BCUT2D eigenvalue weighted by Crippen LogP contribution is -2.05. The molecule has 0 aromatic carbocycles. The van der Waals surface area contributed by atoms with Crippen LogP contribution in [0.15, 0.2) is 10.7 Å². The zero-order valence-corrected chi connectivity index (χ0v) is 14.5. The Kier molecular flexibility index (Phi) is 9.63. The first-order valence-electron chi connectivity index (χ1n) is 8.03. The van der Waals surface area contributed by atoms with Gasteiger partial charge in [0.1, 0.15) is 16.2 Å². The van der Waals surface area contributed by atoms with Crippen LogP contribution in [0.4, 0.5) is 5.82 Å². The third kappa shape index (κ3) is 7.83. The molecule has 0 aliphatic carbocycles. The molecule has 1 N–H and O–H groups in total. The van der Waals surface area contributed by atoms with E-state index >= 15 is 0 Å². The maximum absolute atomic E-state index is 4.47. The molecule has 0 saturated carbocycles. The summed E-state index contributed by atoms with van der Waals surface area (Å²) >= 11 is 3.43. The number of nitrogens with zero attached hydrogens (tertiary/aromatic N) is 2. The molecule has 0 fully saturated rings. The lowest BCUT2D eigenvalue weighted by Gasteiger charge is -2.07. The topological polar surface area (TPSA) is 37.8 Å². The molecule has 0 radical (unpaired) electrons. The highest BCUT2D eigenvalue weighted by Crippen LogP contribution is 2.13. The van der Waals surface area contributed by atoms with E-state index in [0.29, 0.717) is 0 Å². The average molecular weight is 342 g/mol. The largest absolute Gasteiger partial charge is 0.370 e. The zero-order valence-electron chi connectivity index (χ0n) is 12.9. The second kappa shape index (κ2) is 11.1. The van der Waals surface area contributed by atoms with Crippen LogP contribution in [-0.2, 0) is 6.42 Å². The molecule has 0 atom stereocenters. The smallest absolute Gasteiger partial charge is 0.131 e. The van der Waals surface area contributed by atoms with Gasteiger partial charge in [-0.3, -0.25) is 0 Å². The van der Waals surface area contributed by atoms with Crippen LogP contribution in [0.3, 0.4) is 0 Å². The monoisotopic (exact) mass is 341 g/mol. The molecule has 0 spiro atoms. The quantitative estimate of drug-likeness (QED) is 0.435. The molecule has 0 amide bonds. The number of halogens is 1. The van der Waals surface area contributed by atoms with Crippen LogP contribution in [0.25, 0.3) is 0 Å². The minimum Gasteiger partial charge on any atom is -0.370 e. The van der Waals surface area contributed by atoms with Gasteiger partial charge in [0, 0.05) is 19.0 Å². The lowest BCUT2D eigenvalue weighted by molar-refractivity contribution is 0.581. The van der Waals surface area contributed by atoms with E-state index in [0.717, 1.165) is 29.2 Å². The van der Waals surface area contributed by atoms with Gasteiger partial charge in [-0.1, -0.05) is 58.8 Å². The molecule has 3 nitrogen and oxygen atoms in total.